The van der Waals surface area contributed by atoms with Crippen LogP contribution < -0.4 is 0 Å². The van der Waals surface area contributed by atoms with Crippen molar-refractivity contribution in [1.29, 1.82) is 5.26 Å². The van der Waals surface area contributed by atoms with E-state index in [0.29, 0.717) is 15.6 Å². The van der Waals surface area contributed by atoms with Gasteiger partial charge in [0.25, 0.3) is 0 Å². The first-order valence-corrected chi connectivity index (χ1v) is 5.29. The average Bonchev–Trinajstić information content (AvgIpc) is 2.57. The van der Waals surface area contributed by atoms with Crippen molar-refractivity contribution in [3.8, 4) is 6.07 Å². The van der Waals surface area contributed by atoms with Crippen LogP contribution >= 0.6 is 22.9 Å². The van der Waals surface area contributed by atoms with Gasteiger partial charge in [-0.15, -0.1) is 22.9 Å². The van der Waals surface area contributed by atoms with Crippen LogP contribution in [0.1, 0.15) is 10.4 Å². The minimum atomic E-state index is -0.291. The maximum absolute atomic E-state index is 13.3. The predicted molar refractivity (Wildman–Crippen MR) is 56.1 cm³/mol. The molecule has 1 nitrogen and oxygen atoms in total. The molecule has 0 unspecified atom stereocenters. The lowest BCUT2D eigenvalue weighted by molar-refractivity contribution is 0.641. The number of hydrogen-bond acceptors (Lipinski definition) is 2. The van der Waals surface area contributed by atoms with Crippen molar-refractivity contribution in [3.63, 3.8) is 0 Å². The second-order valence-corrected chi connectivity index (χ2v) is 4.13. The molecule has 1 aromatic heterocycles. The molecule has 0 fully saturated rings. The summed E-state index contributed by atoms with van der Waals surface area (Å²) in [5.41, 5.74) is 0.500. The van der Waals surface area contributed by atoms with Gasteiger partial charge in [-0.2, -0.15) is 5.26 Å². The van der Waals surface area contributed by atoms with E-state index in [-0.39, 0.29) is 11.7 Å². The SMILES string of the molecule is N#Cc1c(CCl)sc2c(F)cccc12. The van der Waals surface area contributed by atoms with Crippen LogP contribution in [0.3, 0.4) is 0 Å². The van der Waals surface area contributed by atoms with Gasteiger partial charge in [-0.05, 0) is 6.07 Å². The predicted octanol–water partition coefficient (Wildman–Crippen LogP) is 3.65. The Morgan fingerprint density at radius 1 is 1.50 bits per heavy atom. The number of nitrogens with zero attached hydrogens (tertiary/aromatic N) is 1. The molecule has 0 spiro atoms. The summed E-state index contributed by atoms with van der Waals surface area (Å²) in [6.07, 6.45) is 0. The first kappa shape index (κ1) is 9.45. The second-order valence-electron chi connectivity index (χ2n) is 2.76. The Morgan fingerprint density at radius 2 is 2.29 bits per heavy atom. The van der Waals surface area contributed by atoms with E-state index in [1.165, 1.54) is 17.4 Å². The van der Waals surface area contributed by atoms with Crippen LogP contribution in [0.5, 0.6) is 0 Å². The number of rotatable bonds is 1. The number of hydrogen-bond donors (Lipinski definition) is 0. The van der Waals surface area contributed by atoms with Crippen LogP contribution in [0.25, 0.3) is 10.1 Å². The van der Waals surface area contributed by atoms with Gasteiger partial charge in [0.2, 0.25) is 0 Å². The van der Waals surface area contributed by atoms with Gasteiger partial charge in [0.1, 0.15) is 11.9 Å². The molecule has 0 bridgehead atoms. The minimum Gasteiger partial charge on any atom is -0.205 e. The third-order valence-electron chi connectivity index (χ3n) is 1.97. The van der Waals surface area contributed by atoms with Crippen molar-refractivity contribution in [2.24, 2.45) is 0 Å². The van der Waals surface area contributed by atoms with E-state index >= 15 is 0 Å². The molecule has 2 rings (SSSR count). The van der Waals surface area contributed by atoms with Crippen molar-refractivity contribution in [3.05, 3.63) is 34.5 Å². The van der Waals surface area contributed by atoms with E-state index in [1.807, 2.05) is 0 Å². The standard InChI is InChI=1S/C10H5ClFNS/c11-4-9-7(5-13)6-2-1-3-8(12)10(6)14-9/h1-3H,4H2. The monoisotopic (exact) mass is 225 g/mol. The van der Waals surface area contributed by atoms with Gasteiger partial charge in [-0.3, -0.25) is 0 Å². The smallest absolute Gasteiger partial charge is 0.141 e. The van der Waals surface area contributed by atoms with Crippen LogP contribution in [0.4, 0.5) is 4.39 Å². The highest BCUT2D eigenvalue weighted by atomic mass is 35.5. The third kappa shape index (κ3) is 1.28. The van der Waals surface area contributed by atoms with Crippen LogP contribution in [0, 0.1) is 17.1 Å². The summed E-state index contributed by atoms with van der Waals surface area (Å²) in [6.45, 7) is 0. The summed E-state index contributed by atoms with van der Waals surface area (Å²) in [5, 5.41) is 9.56. The van der Waals surface area contributed by atoms with Crippen molar-refractivity contribution in [2.75, 3.05) is 0 Å². The average molecular weight is 226 g/mol. The van der Waals surface area contributed by atoms with E-state index in [2.05, 4.69) is 6.07 Å². The zero-order valence-electron chi connectivity index (χ0n) is 7.05. The Kier molecular flexibility index (Phi) is 2.40. The first-order chi connectivity index (χ1) is 6.77. The van der Waals surface area contributed by atoms with Crippen molar-refractivity contribution in [2.45, 2.75) is 5.88 Å². The molecule has 0 radical (unpaired) electrons. The van der Waals surface area contributed by atoms with E-state index in [1.54, 1.807) is 12.1 Å². The summed E-state index contributed by atoms with van der Waals surface area (Å²) in [6, 6.07) is 6.78. The van der Waals surface area contributed by atoms with Gasteiger partial charge in [0, 0.05) is 10.3 Å². The van der Waals surface area contributed by atoms with E-state index < -0.39 is 0 Å². The topological polar surface area (TPSA) is 23.8 Å². The Labute approximate surface area is 89.3 Å². The first-order valence-electron chi connectivity index (χ1n) is 3.94. The fourth-order valence-electron chi connectivity index (χ4n) is 1.35. The highest BCUT2D eigenvalue weighted by Gasteiger charge is 2.13. The molecule has 0 N–H and O–H groups in total. The Morgan fingerprint density at radius 3 is 2.93 bits per heavy atom. The van der Waals surface area contributed by atoms with E-state index in [0.717, 1.165) is 4.88 Å². The lowest BCUT2D eigenvalue weighted by Crippen LogP contribution is -1.77. The molecule has 70 valence electrons. The number of fused-ring (bicyclic) bond motifs is 1. The highest BCUT2D eigenvalue weighted by Crippen LogP contribution is 2.33. The van der Waals surface area contributed by atoms with Crippen LogP contribution in [0.2, 0.25) is 0 Å². The molecule has 0 aliphatic heterocycles. The van der Waals surface area contributed by atoms with Crippen molar-refractivity contribution < 1.29 is 4.39 Å². The zero-order chi connectivity index (χ0) is 10.1. The van der Waals surface area contributed by atoms with Crippen LogP contribution in [-0.4, -0.2) is 0 Å². The number of benzene rings is 1. The van der Waals surface area contributed by atoms with Crippen molar-refractivity contribution in [1.82, 2.24) is 0 Å². The lowest BCUT2D eigenvalue weighted by atomic mass is 10.1. The maximum atomic E-state index is 13.3. The zero-order valence-corrected chi connectivity index (χ0v) is 8.62. The summed E-state index contributed by atoms with van der Waals surface area (Å²) in [5.74, 6) is -0.0397. The number of alkyl halides is 1. The number of halogens is 2. The Balaban J connectivity index is 2.88. The summed E-state index contributed by atoms with van der Waals surface area (Å²) < 4.78 is 13.8. The maximum Gasteiger partial charge on any atom is 0.141 e. The summed E-state index contributed by atoms with van der Waals surface area (Å²) in [4.78, 5) is 0.731. The fraction of sp³-hybridized carbons (Fsp3) is 0.100. The fourth-order valence-corrected chi connectivity index (χ4v) is 2.65. The molecule has 2 aromatic rings. The minimum absolute atomic E-state index is 0.252. The summed E-state index contributed by atoms with van der Waals surface area (Å²) >= 11 is 6.92. The molecule has 0 amide bonds. The normalized spacial score (nSPS) is 10.4. The molecular formula is C10H5ClFNS. The van der Waals surface area contributed by atoms with Gasteiger partial charge in [0.15, 0.2) is 0 Å². The van der Waals surface area contributed by atoms with Crippen LogP contribution in [0.15, 0.2) is 18.2 Å². The number of thiophene rings is 1. The lowest BCUT2D eigenvalue weighted by Gasteiger charge is -1.90. The van der Waals surface area contributed by atoms with Gasteiger partial charge in [-0.1, -0.05) is 12.1 Å². The van der Waals surface area contributed by atoms with Crippen LogP contribution in [-0.2, 0) is 5.88 Å². The Hall–Kier alpha value is -1.11. The van der Waals surface area contributed by atoms with E-state index in [9.17, 15) is 4.39 Å². The van der Waals surface area contributed by atoms with E-state index in [4.69, 9.17) is 16.9 Å². The highest BCUT2D eigenvalue weighted by molar-refractivity contribution is 7.19. The third-order valence-corrected chi connectivity index (χ3v) is 3.61. The molecule has 1 heterocycles. The molecule has 14 heavy (non-hydrogen) atoms. The van der Waals surface area contributed by atoms with Gasteiger partial charge in [0.05, 0.1) is 16.1 Å². The molecule has 0 aliphatic carbocycles. The summed E-state index contributed by atoms with van der Waals surface area (Å²) in [7, 11) is 0. The number of nitriles is 1. The molecule has 0 atom stereocenters. The molecule has 0 saturated carbocycles. The molecule has 0 saturated heterocycles. The largest absolute Gasteiger partial charge is 0.205 e. The second kappa shape index (κ2) is 3.56. The van der Waals surface area contributed by atoms with Gasteiger partial charge >= 0.3 is 0 Å². The Bertz CT molecular complexity index is 527. The quantitative estimate of drug-likeness (QED) is 0.680. The van der Waals surface area contributed by atoms with Gasteiger partial charge in [-0.25, -0.2) is 4.39 Å². The molecule has 1 aromatic carbocycles. The molecular weight excluding hydrogens is 221 g/mol. The molecule has 0 aliphatic rings. The van der Waals surface area contributed by atoms with Gasteiger partial charge < -0.3 is 0 Å². The molecule has 4 heteroatoms. The van der Waals surface area contributed by atoms with Crippen molar-refractivity contribution >= 4 is 33.0 Å².